The number of nitrogens with zero attached hydrogens (tertiary/aromatic N) is 3. The number of hydrogen-bond acceptors (Lipinski definition) is 2. The van der Waals surface area contributed by atoms with E-state index in [2.05, 4.69) is 51.5 Å². The van der Waals surface area contributed by atoms with Gasteiger partial charge in [0.05, 0.1) is 11.6 Å². The SMILES string of the molecule is Cc1ccc2n1CCN(C(=O)c1cccnc1Br)C2C. The van der Waals surface area contributed by atoms with Crippen LogP contribution in [0.15, 0.2) is 35.1 Å². The molecule has 0 N–H and O–H groups in total. The minimum absolute atomic E-state index is 0.0302. The van der Waals surface area contributed by atoms with Crippen molar-refractivity contribution in [1.82, 2.24) is 14.5 Å². The average molecular weight is 334 g/mol. The van der Waals surface area contributed by atoms with Gasteiger partial charge in [0.25, 0.3) is 5.91 Å². The third kappa shape index (κ3) is 2.06. The predicted molar refractivity (Wildman–Crippen MR) is 80.6 cm³/mol. The van der Waals surface area contributed by atoms with Crippen LogP contribution in [0.5, 0.6) is 0 Å². The maximum Gasteiger partial charge on any atom is 0.257 e. The Kier molecular flexibility index (Phi) is 3.38. The summed E-state index contributed by atoms with van der Waals surface area (Å²) in [6, 6.07) is 7.90. The van der Waals surface area contributed by atoms with Crippen LogP contribution in [-0.4, -0.2) is 26.9 Å². The van der Waals surface area contributed by atoms with Gasteiger partial charge in [0.15, 0.2) is 0 Å². The Morgan fingerprint density at radius 2 is 2.15 bits per heavy atom. The van der Waals surface area contributed by atoms with Gasteiger partial charge in [-0.3, -0.25) is 4.79 Å². The molecule has 5 heteroatoms. The van der Waals surface area contributed by atoms with E-state index in [9.17, 15) is 4.79 Å². The molecule has 2 aromatic rings. The highest BCUT2D eigenvalue weighted by Crippen LogP contribution is 2.29. The highest BCUT2D eigenvalue weighted by Gasteiger charge is 2.29. The highest BCUT2D eigenvalue weighted by atomic mass is 79.9. The maximum absolute atomic E-state index is 12.7. The summed E-state index contributed by atoms with van der Waals surface area (Å²) in [7, 11) is 0. The Balaban J connectivity index is 1.93. The van der Waals surface area contributed by atoms with Gasteiger partial charge in [-0.25, -0.2) is 4.98 Å². The lowest BCUT2D eigenvalue weighted by atomic mass is 10.1. The molecule has 0 saturated carbocycles. The number of carbonyl (C=O) groups excluding carboxylic acids is 1. The number of pyridine rings is 1. The molecule has 1 aliphatic rings. The van der Waals surface area contributed by atoms with Crippen LogP contribution in [0.3, 0.4) is 0 Å². The zero-order valence-electron chi connectivity index (χ0n) is 11.5. The van der Waals surface area contributed by atoms with Gasteiger partial charge in [0, 0.05) is 30.7 Å². The third-order valence-electron chi connectivity index (χ3n) is 3.94. The van der Waals surface area contributed by atoms with E-state index in [1.807, 2.05) is 11.0 Å². The van der Waals surface area contributed by atoms with E-state index >= 15 is 0 Å². The second-order valence-electron chi connectivity index (χ2n) is 5.07. The first-order valence-electron chi connectivity index (χ1n) is 6.67. The number of halogens is 1. The van der Waals surface area contributed by atoms with Crippen LogP contribution >= 0.6 is 15.9 Å². The van der Waals surface area contributed by atoms with Crippen molar-refractivity contribution in [2.75, 3.05) is 6.54 Å². The molecular weight excluding hydrogens is 318 g/mol. The summed E-state index contributed by atoms with van der Waals surface area (Å²) < 4.78 is 2.89. The van der Waals surface area contributed by atoms with Gasteiger partial charge in [0.2, 0.25) is 0 Å². The van der Waals surface area contributed by atoms with Crippen molar-refractivity contribution in [1.29, 1.82) is 0 Å². The molecule has 0 aliphatic carbocycles. The van der Waals surface area contributed by atoms with Gasteiger partial charge < -0.3 is 9.47 Å². The summed E-state index contributed by atoms with van der Waals surface area (Å²) in [5.41, 5.74) is 3.07. The average Bonchev–Trinajstić information content (AvgIpc) is 2.82. The number of aryl methyl sites for hydroxylation is 1. The first-order valence-corrected chi connectivity index (χ1v) is 7.46. The molecule has 1 atom stereocenters. The van der Waals surface area contributed by atoms with Crippen LogP contribution in [0.25, 0.3) is 0 Å². The topological polar surface area (TPSA) is 38.1 Å². The molecule has 20 heavy (non-hydrogen) atoms. The normalized spacial score (nSPS) is 17.9. The van der Waals surface area contributed by atoms with Crippen molar-refractivity contribution in [3.8, 4) is 0 Å². The van der Waals surface area contributed by atoms with Gasteiger partial charge in [-0.05, 0) is 54.0 Å². The van der Waals surface area contributed by atoms with Crippen molar-refractivity contribution in [3.05, 3.63) is 52.0 Å². The molecule has 3 rings (SSSR count). The minimum Gasteiger partial charge on any atom is -0.345 e. The standard InChI is InChI=1S/C15H16BrN3O/c1-10-5-6-13-11(2)19(9-8-18(10)13)15(20)12-4-3-7-17-14(12)16/h3-7,11H,8-9H2,1-2H3. The summed E-state index contributed by atoms with van der Waals surface area (Å²) in [5, 5.41) is 0. The second-order valence-corrected chi connectivity index (χ2v) is 5.82. The van der Waals surface area contributed by atoms with Gasteiger partial charge in [-0.1, -0.05) is 0 Å². The van der Waals surface area contributed by atoms with Crippen molar-refractivity contribution in [2.24, 2.45) is 0 Å². The van der Waals surface area contributed by atoms with Crippen LogP contribution in [0, 0.1) is 6.92 Å². The van der Waals surface area contributed by atoms with Crippen molar-refractivity contribution in [3.63, 3.8) is 0 Å². The van der Waals surface area contributed by atoms with Crippen molar-refractivity contribution < 1.29 is 4.79 Å². The molecule has 1 aliphatic heterocycles. The van der Waals surface area contributed by atoms with Crippen LogP contribution in [-0.2, 0) is 6.54 Å². The van der Waals surface area contributed by atoms with E-state index in [1.165, 1.54) is 11.4 Å². The summed E-state index contributed by atoms with van der Waals surface area (Å²) in [6.07, 6.45) is 1.68. The zero-order valence-corrected chi connectivity index (χ0v) is 13.1. The van der Waals surface area contributed by atoms with Crippen molar-refractivity contribution in [2.45, 2.75) is 26.4 Å². The van der Waals surface area contributed by atoms with Crippen LogP contribution < -0.4 is 0 Å². The Hall–Kier alpha value is -1.62. The molecule has 0 spiro atoms. The summed E-state index contributed by atoms with van der Waals surface area (Å²) in [4.78, 5) is 18.7. The fourth-order valence-corrected chi connectivity index (χ4v) is 3.22. The Morgan fingerprint density at radius 1 is 1.35 bits per heavy atom. The summed E-state index contributed by atoms with van der Waals surface area (Å²) in [6.45, 7) is 5.75. The first kappa shape index (κ1) is 13.4. The van der Waals surface area contributed by atoms with E-state index in [1.54, 1.807) is 12.3 Å². The number of fused-ring (bicyclic) bond motifs is 1. The Bertz CT molecular complexity index is 665. The van der Waals surface area contributed by atoms with E-state index < -0.39 is 0 Å². The molecule has 0 saturated heterocycles. The summed E-state index contributed by atoms with van der Waals surface area (Å²) >= 11 is 3.36. The monoisotopic (exact) mass is 333 g/mol. The number of aromatic nitrogens is 2. The van der Waals surface area contributed by atoms with Gasteiger partial charge >= 0.3 is 0 Å². The van der Waals surface area contributed by atoms with Crippen LogP contribution in [0.2, 0.25) is 0 Å². The molecule has 0 aromatic carbocycles. The van der Waals surface area contributed by atoms with E-state index in [0.29, 0.717) is 10.2 Å². The van der Waals surface area contributed by atoms with Crippen LogP contribution in [0.1, 0.15) is 34.7 Å². The third-order valence-corrected chi connectivity index (χ3v) is 4.58. The largest absolute Gasteiger partial charge is 0.345 e. The quantitative estimate of drug-likeness (QED) is 0.752. The summed E-state index contributed by atoms with van der Waals surface area (Å²) in [5.74, 6) is 0.0302. The molecule has 0 radical (unpaired) electrons. The molecule has 2 aromatic heterocycles. The smallest absolute Gasteiger partial charge is 0.257 e. The van der Waals surface area contributed by atoms with Gasteiger partial charge in [-0.15, -0.1) is 0 Å². The van der Waals surface area contributed by atoms with E-state index in [0.717, 1.165) is 13.1 Å². The van der Waals surface area contributed by atoms with E-state index in [4.69, 9.17) is 0 Å². The number of carbonyl (C=O) groups is 1. The lowest BCUT2D eigenvalue weighted by molar-refractivity contribution is 0.0641. The minimum atomic E-state index is 0.0302. The Morgan fingerprint density at radius 3 is 2.90 bits per heavy atom. The number of rotatable bonds is 1. The van der Waals surface area contributed by atoms with Gasteiger partial charge in [-0.2, -0.15) is 0 Å². The molecule has 1 unspecified atom stereocenters. The zero-order chi connectivity index (χ0) is 14.3. The van der Waals surface area contributed by atoms with Crippen molar-refractivity contribution >= 4 is 21.8 Å². The Labute approximate surface area is 126 Å². The molecule has 104 valence electrons. The number of hydrogen-bond donors (Lipinski definition) is 0. The molecule has 0 bridgehead atoms. The lowest BCUT2D eigenvalue weighted by Crippen LogP contribution is -2.41. The fourth-order valence-electron chi connectivity index (χ4n) is 2.80. The van der Waals surface area contributed by atoms with E-state index in [-0.39, 0.29) is 11.9 Å². The molecule has 1 amide bonds. The molecular formula is C15H16BrN3O. The van der Waals surface area contributed by atoms with Crippen LogP contribution in [0.4, 0.5) is 0 Å². The number of amides is 1. The fraction of sp³-hybridized carbons (Fsp3) is 0.333. The highest BCUT2D eigenvalue weighted by molar-refractivity contribution is 9.10. The molecule has 4 nitrogen and oxygen atoms in total. The lowest BCUT2D eigenvalue weighted by Gasteiger charge is -2.35. The second kappa shape index (κ2) is 5.05. The molecule has 3 heterocycles. The molecule has 0 fully saturated rings. The first-order chi connectivity index (χ1) is 9.59. The maximum atomic E-state index is 12.7. The van der Waals surface area contributed by atoms with Gasteiger partial charge in [0.1, 0.15) is 4.60 Å². The predicted octanol–water partition coefficient (Wildman–Crippen LogP) is 3.17.